The van der Waals surface area contributed by atoms with E-state index in [9.17, 15) is 4.79 Å². The monoisotopic (exact) mass is 182 g/mol. The summed E-state index contributed by atoms with van der Waals surface area (Å²) in [6.07, 6.45) is 0.677. The van der Waals surface area contributed by atoms with Crippen molar-refractivity contribution in [3.63, 3.8) is 0 Å². The highest BCUT2D eigenvalue weighted by molar-refractivity contribution is 5.80. The number of rotatable bonds is 4. The predicted molar refractivity (Wildman–Crippen MR) is 46.0 cm³/mol. The molecule has 0 saturated carbocycles. The van der Waals surface area contributed by atoms with E-state index < -0.39 is 0 Å². The van der Waals surface area contributed by atoms with Crippen molar-refractivity contribution in [2.75, 3.05) is 14.2 Å². The van der Waals surface area contributed by atoms with Crippen LogP contribution in [0.3, 0.4) is 0 Å². The topological polar surface area (TPSA) is 44.8 Å². The second-order valence-electron chi connectivity index (χ2n) is 2.27. The summed E-state index contributed by atoms with van der Waals surface area (Å²) in [6, 6.07) is 4.86. The standard InChI is InChI=1S/C9H10O4/c1-11-8-3-4-9(13-12-2)7(5-8)6-10/h3-6H,1-2H3. The van der Waals surface area contributed by atoms with Gasteiger partial charge in [0.2, 0.25) is 0 Å². The van der Waals surface area contributed by atoms with E-state index in [1.807, 2.05) is 0 Å². The summed E-state index contributed by atoms with van der Waals surface area (Å²) in [4.78, 5) is 19.8. The molecule has 0 unspecified atom stereocenters. The summed E-state index contributed by atoms with van der Waals surface area (Å²) >= 11 is 0. The first kappa shape index (κ1) is 9.54. The number of carbonyl (C=O) groups excluding carboxylic acids is 1. The van der Waals surface area contributed by atoms with Crippen molar-refractivity contribution in [1.29, 1.82) is 0 Å². The normalized spacial score (nSPS) is 9.38. The van der Waals surface area contributed by atoms with Crippen LogP contribution in [0.5, 0.6) is 11.5 Å². The first-order valence-corrected chi connectivity index (χ1v) is 3.65. The molecular weight excluding hydrogens is 172 g/mol. The minimum Gasteiger partial charge on any atom is -0.497 e. The fraction of sp³-hybridized carbons (Fsp3) is 0.222. The quantitative estimate of drug-likeness (QED) is 0.401. The Morgan fingerprint density at radius 2 is 2.08 bits per heavy atom. The Morgan fingerprint density at radius 3 is 2.62 bits per heavy atom. The second kappa shape index (κ2) is 4.47. The van der Waals surface area contributed by atoms with Crippen molar-refractivity contribution in [3.05, 3.63) is 23.8 Å². The lowest BCUT2D eigenvalue weighted by Gasteiger charge is -2.05. The zero-order chi connectivity index (χ0) is 9.68. The minimum atomic E-state index is 0.373. The van der Waals surface area contributed by atoms with Crippen LogP contribution in [0.4, 0.5) is 0 Å². The SMILES string of the molecule is COOc1ccc(OC)cc1C=O. The van der Waals surface area contributed by atoms with Crippen molar-refractivity contribution in [2.45, 2.75) is 0 Å². The smallest absolute Gasteiger partial charge is 0.176 e. The number of aldehydes is 1. The molecule has 0 saturated heterocycles. The molecule has 0 N–H and O–H groups in total. The van der Waals surface area contributed by atoms with Crippen LogP contribution in [0, 0.1) is 0 Å². The molecule has 70 valence electrons. The predicted octanol–water partition coefficient (Wildman–Crippen LogP) is 1.45. The maximum atomic E-state index is 10.6. The molecule has 0 fully saturated rings. The Kier molecular flexibility index (Phi) is 3.28. The van der Waals surface area contributed by atoms with Gasteiger partial charge in [-0.2, -0.15) is 4.89 Å². The molecule has 0 aliphatic carbocycles. The molecule has 0 bridgehead atoms. The zero-order valence-corrected chi connectivity index (χ0v) is 7.44. The number of benzene rings is 1. The first-order valence-electron chi connectivity index (χ1n) is 3.65. The fourth-order valence-electron chi connectivity index (χ4n) is 0.911. The zero-order valence-electron chi connectivity index (χ0n) is 7.44. The lowest BCUT2D eigenvalue weighted by molar-refractivity contribution is -0.178. The van der Waals surface area contributed by atoms with Crippen molar-refractivity contribution in [1.82, 2.24) is 0 Å². The maximum absolute atomic E-state index is 10.6. The number of methoxy groups -OCH3 is 1. The van der Waals surface area contributed by atoms with Gasteiger partial charge >= 0.3 is 0 Å². The minimum absolute atomic E-state index is 0.373. The van der Waals surface area contributed by atoms with E-state index in [0.29, 0.717) is 23.3 Å². The molecule has 0 amide bonds. The summed E-state index contributed by atoms with van der Waals surface area (Å²) in [6.45, 7) is 0. The molecule has 0 heterocycles. The number of hydrogen-bond acceptors (Lipinski definition) is 4. The van der Waals surface area contributed by atoms with Crippen molar-refractivity contribution in [3.8, 4) is 11.5 Å². The highest BCUT2D eigenvalue weighted by Crippen LogP contribution is 2.22. The van der Waals surface area contributed by atoms with Gasteiger partial charge in [0.15, 0.2) is 12.0 Å². The summed E-state index contributed by atoms with van der Waals surface area (Å²) in [5, 5.41) is 0. The summed E-state index contributed by atoms with van der Waals surface area (Å²) < 4.78 is 4.93. The Balaban J connectivity index is 3.00. The summed E-state index contributed by atoms with van der Waals surface area (Å²) in [5.41, 5.74) is 0.390. The van der Waals surface area contributed by atoms with Crippen LogP contribution in [0.15, 0.2) is 18.2 Å². The molecular formula is C9H10O4. The van der Waals surface area contributed by atoms with E-state index in [-0.39, 0.29) is 0 Å². The van der Waals surface area contributed by atoms with Gasteiger partial charge in [-0.05, 0) is 18.2 Å². The van der Waals surface area contributed by atoms with Crippen LogP contribution in [0.25, 0.3) is 0 Å². The van der Waals surface area contributed by atoms with Crippen LogP contribution >= 0.6 is 0 Å². The summed E-state index contributed by atoms with van der Waals surface area (Å²) in [5.74, 6) is 0.976. The molecule has 0 aromatic heterocycles. The average Bonchev–Trinajstić information content (AvgIpc) is 2.19. The molecule has 0 aliphatic rings. The van der Waals surface area contributed by atoms with Crippen molar-refractivity contribution in [2.24, 2.45) is 0 Å². The van der Waals surface area contributed by atoms with E-state index in [1.54, 1.807) is 18.2 Å². The van der Waals surface area contributed by atoms with Crippen molar-refractivity contribution >= 4 is 6.29 Å². The van der Waals surface area contributed by atoms with Crippen LogP contribution in [0.1, 0.15) is 10.4 Å². The Labute approximate surface area is 76.0 Å². The molecule has 4 nitrogen and oxygen atoms in total. The van der Waals surface area contributed by atoms with Gasteiger partial charge in [0.1, 0.15) is 5.75 Å². The van der Waals surface area contributed by atoms with E-state index in [2.05, 4.69) is 4.89 Å². The van der Waals surface area contributed by atoms with Crippen LogP contribution in [-0.2, 0) is 4.89 Å². The van der Waals surface area contributed by atoms with E-state index in [0.717, 1.165) is 0 Å². The summed E-state index contributed by atoms with van der Waals surface area (Å²) in [7, 11) is 2.90. The maximum Gasteiger partial charge on any atom is 0.176 e. The highest BCUT2D eigenvalue weighted by atomic mass is 17.2. The van der Waals surface area contributed by atoms with Crippen molar-refractivity contribution < 1.29 is 19.3 Å². The molecule has 0 spiro atoms. The van der Waals surface area contributed by atoms with Crippen LogP contribution < -0.4 is 9.62 Å². The van der Waals surface area contributed by atoms with Gasteiger partial charge < -0.3 is 9.62 Å². The molecule has 1 aromatic carbocycles. The van der Waals surface area contributed by atoms with Gasteiger partial charge in [0.05, 0.1) is 19.8 Å². The van der Waals surface area contributed by atoms with Gasteiger partial charge in [-0.1, -0.05) is 0 Å². The third-order valence-corrected chi connectivity index (χ3v) is 1.52. The lowest BCUT2D eigenvalue weighted by Crippen LogP contribution is -1.95. The fourth-order valence-corrected chi connectivity index (χ4v) is 0.911. The van der Waals surface area contributed by atoms with Gasteiger partial charge in [-0.25, -0.2) is 0 Å². The van der Waals surface area contributed by atoms with E-state index in [4.69, 9.17) is 9.62 Å². The first-order chi connectivity index (χ1) is 6.31. The third kappa shape index (κ3) is 2.19. The molecule has 13 heavy (non-hydrogen) atoms. The number of ether oxygens (including phenoxy) is 1. The highest BCUT2D eigenvalue weighted by Gasteiger charge is 2.04. The number of carbonyl (C=O) groups is 1. The van der Waals surface area contributed by atoms with Gasteiger partial charge in [0, 0.05) is 0 Å². The molecule has 0 aliphatic heterocycles. The molecule has 1 rings (SSSR count). The second-order valence-corrected chi connectivity index (χ2v) is 2.27. The van der Waals surface area contributed by atoms with E-state index >= 15 is 0 Å². The average molecular weight is 182 g/mol. The Hall–Kier alpha value is -1.55. The van der Waals surface area contributed by atoms with Gasteiger partial charge in [-0.3, -0.25) is 4.79 Å². The molecule has 0 radical (unpaired) electrons. The van der Waals surface area contributed by atoms with Gasteiger partial charge in [0.25, 0.3) is 0 Å². The van der Waals surface area contributed by atoms with Crippen LogP contribution in [0.2, 0.25) is 0 Å². The molecule has 1 aromatic rings. The van der Waals surface area contributed by atoms with Gasteiger partial charge in [-0.15, -0.1) is 0 Å². The van der Waals surface area contributed by atoms with Crippen LogP contribution in [-0.4, -0.2) is 20.5 Å². The third-order valence-electron chi connectivity index (χ3n) is 1.52. The molecule has 4 heteroatoms. The molecule has 0 atom stereocenters. The number of hydrogen-bond donors (Lipinski definition) is 0. The lowest BCUT2D eigenvalue weighted by atomic mass is 10.2. The Morgan fingerprint density at radius 1 is 1.31 bits per heavy atom. The Bertz CT molecular complexity index is 296. The largest absolute Gasteiger partial charge is 0.497 e. The van der Waals surface area contributed by atoms with E-state index in [1.165, 1.54) is 14.2 Å².